The topological polar surface area (TPSA) is 81.1 Å². The Kier molecular flexibility index (Phi) is 3.99. The molecular formula is C13H22N2O4. The number of aliphatic hydroxyl groups excluding tert-OH is 1. The number of amides is 2. The Morgan fingerprint density at radius 2 is 2.05 bits per heavy atom. The summed E-state index contributed by atoms with van der Waals surface area (Å²) < 4.78 is 0. The predicted octanol–water partition coefficient (Wildman–Crippen LogP) is 0.607. The maximum atomic E-state index is 12.3. The molecular weight excluding hydrogens is 248 g/mol. The van der Waals surface area contributed by atoms with Gasteiger partial charge >= 0.3 is 12.0 Å². The highest BCUT2D eigenvalue weighted by Crippen LogP contribution is 2.31. The molecule has 2 N–H and O–H groups in total. The summed E-state index contributed by atoms with van der Waals surface area (Å²) in [4.78, 5) is 26.9. The molecule has 6 nitrogen and oxygen atoms in total. The monoisotopic (exact) mass is 270 g/mol. The van der Waals surface area contributed by atoms with Crippen molar-refractivity contribution in [2.24, 2.45) is 11.3 Å². The van der Waals surface area contributed by atoms with Gasteiger partial charge in [-0.2, -0.15) is 0 Å². The normalized spacial score (nSPS) is 30.9. The van der Waals surface area contributed by atoms with Gasteiger partial charge in [0.1, 0.15) is 0 Å². The van der Waals surface area contributed by atoms with E-state index in [9.17, 15) is 14.7 Å². The fourth-order valence-electron chi connectivity index (χ4n) is 2.92. The first kappa shape index (κ1) is 14.1. The molecule has 2 amide bonds. The molecule has 2 fully saturated rings. The van der Waals surface area contributed by atoms with E-state index in [0.717, 1.165) is 12.8 Å². The van der Waals surface area contributed by atoms with Crippen molar-refractivity contribution in [3.8, 4) is 0 Å². The molecule has 0 aromatic rings. The first-order valence-corrected chi connectivity index (χ1v) is 6.84. The van der Waals surface area contributed by atoms with Gasteiger partial charge in [0, 0.05) is 32.8 Å². The van der Waals surface area contributed by atoms with Crippen LogP contribution in [0.1, 0.15) is 26.2 Å². The Morgan fingerprint density at radius 3 is 2.63 bits per heavy atom. The third-order valence-electron chi connectivity index (χ3n) is 4.35. The maximum Gasteiger partial charge on any atom is 0.320 e. The van der Waals surface area contributed by atoms with Gasteiger partial charge in [-0.25, -0.2) is 4.79 Å². The molecule has 0 radical (unpaired) electrons. The van der Waals surface area contributed by atoms with E-state index >= 15 is 0 Å². The molecule has 0 aromatic carbocycles. The summed E-state index contributed by atoms with van der Waals surface area (Å²) in [7, 11) is 0. The predicted molar refractivity (Wildman–Crippen MR) is 68.7 cm³/mol. The second-order valence-electron chi connectivity index (χ2n) is 5.93. The lowest BCUT2D eigenvalue weighted by atomic mass is 9.90. The highest BCUT2D eigenvalue weighted by molar-refractivity contribution is 5.79. The van der Waals surface area contributed by atoms with Gasteiger partial charge in [-0.1, -0.05) is 0 Å². The Morgan fingerprint density at radius 1 is 1.32 bits per heavy atom. The smallest absolute Gasteiger partial charge is 0.320 e. The molecule has 2 atom stereocenters. The third kappa shape index (κ3) is 2.83. The molecule has 2 aliphatic heterocycles. The Bertz CT molecular complexity index is 374. The lowest BCUT2D eigenvalue weighted by Crippen LogP contribution is -2.42. The van der Waals surface area contributed by atoms with E-state index in [-0.39, 0.29) is 12.6 Å². The molecule has 0 spiro atoms. The van der Waals surface area contributed by atoms with Gasteiger partial charge in [0.25, 0.3) is 0 Å². The van der Waals surface area contributed by atoms with Crippen LogP contribution < -0.4 is 0 Å². The van der Waals surface area contributed by atoms with Crippen molar-refractivity contribution in [2.75, 3.05) is 32.8 Å². The average Bonchev–Trinajstić information content (AvgIpc) is 2.97. The second kappa shape index (κ2) is 5.36. The SMILES string of the molecule is CC1(C(=O)O)CCN(C(=O)N2CCC(CCO)C2)C1. The van der Waals surface area contributed by atoms with Crippen LogP contribution in [0.2, 0.25) is 0 Å². The molecule has 2 rings (SSSR count). The largest absolute Gasteiger partial charge is 0.481 e. The van der Waals surface area contributed by atoms with Gasteiger partial charge in [0.15, 0.2) is 0 Å². The lowest BCUT2D eigenvalue weighted by Gasteiger charge is -2.25. The highest BCUT2D eigenvalue weighted by atomic mass is 16.4. The zero-order valence-corrected chi connectivity index (χ0v) is 11.3. The summed E-state index contributed by atoms with van der Waals surface area (Å²) >= 11 is 0. The first-order chi connectivity index (χ1) is 8.96. The van der Waals surface area contributed by atoms with Crippen molar-refractivity contribution in [3.05, 3.63) is 0 Å². The number of nitrogens with zero attached hydrogens (tertiary/aromatic N) is 2. The summed E-state index contributed by atoms with van der Waals surface area (Å²) in [5.41, 5.74) is -0.806. The van der Waals surface area contributed by atoms with Gasteiger partial charge in [-0.05, 0) is 32.1 Å². The standard InChI is InChI=1S/C13H22N2O4/c1-13(11(17)18)4-6-15(9-13)12(19)14-5-2-10(8-14)3-7-16/h10,16H,2-9H2,1H3,(H,17,18). The molecule has 2 saturated heterocycles. The Balaban J connectivity index is 1.90. The molecule has 0 saturated carbocycles. The number of hydrogen-bond acceptors (Lipinski definition) is 3. The highest BCUT2D eigenvalue weighted by Gasteiger charge is 2.43. The number of hydrogen-bond donors (Lipinski definition) is 2. The summed E-state index contributed by atoms with van der Waals surface area (Å²) in [6.07, 6.45) is 2.18. The van der Waals surface area contributed by atoms with E-state index in [1.165, 1.54) is 0 Å². The Labute approximate surface area is 113 Å². The molecule has 19 heavy (non-hydrogen) atoms. The molecule has 6 heteroatoms. The molecule has 108 valence electrons. The van der Waals surface area contributed by atoms with Crippen molar-refractivity contribution in [1.29, 1.82) is 0 Å². The minimum Gasteiger partial charge on any atom is -0.481 e. The van der Waals surface area contributed by atoms with Crippen molar-refractivity contribution in [3.63, 3.8) is 0 Å². The van der Waals surface area contributed by atoms with Crippen molar-refractivity contribution >= 4 is 12.0 Å². The van der Waals surface area contributed by atoms with Gasteiger partial charge < -0.3 is 20.0 Å². The van der Waals surface area contributed by atoms with Crippen LogP contribution in [0.5, 0.6) is 0 Å². The number of carbonyl (C=O) groups excluding carboxylic acids is 1. The van der Waals surface area contributed by atoms with E-state index in [4.69, 9.17) is 5.11 Å². The van der Waals surface area contributed by atoms with Crippen LogP contribution in [0.3, 0.4) is 0 Å². The minimum absolute atomic E-state index is 0.0505. The van der Waals surface area contributed by atoms with Crippen LogP contribution in [0.25, 0.3) is 0 Å². The number of urea groups is 1. The number of rotatable bonds is 3. The van der Waals surface area contributed by atoms with Crippen LogP contribution >= 0.6 is 0 Å². The van der Waals surface area contributed by atoms with Gasteiger partial charge in [0.2, 0.25) is 0 Å². The minimum atomic E-state index is -0.831. The number of aliphatic hydroxyl groups is 1. The van der Waals surface area contributed by atoms with Gasteiger partial charge in [-0.3, -0.25) is 4.79 Å². The van der Waals surface area contributed by atoms with E-state index in [1.54, 1.807) is 16.7 Å². The average molecular weight is 270 g/mol. The molecule has 0 aliphatic carbocycles. The van der Waals surface area contributed by atoms with E-state index in [0.29, 0.717) is 38.5 Å². The van der Waals surface area contributed by atoms with Crippen LogP contribution in [0.15, 0.2) is 0 Å². The Hall–Kier alpha value is -1.30. The molecule has 2 unspecified atom stereocenters. The van der Waals surface area contributed by atoms with E-state index in [1.807, 2.05) is 0 Å². The molecule has 2 aliphatic rings. The number of aliphatic carboxylic acids is 1. The third-order valence-corrected chi connectivity index (χ3v) is 4.35. The second-order valence-corrected chi connectivity index (χ2v) is 5.93. The summed E-state index contributed by atoms with van der Waals surface area (Å²) in [5.74, 6) is -0.454. The van der Waals surface area contributed by atoms with Crippen molar-refractivity contribution in [2.45, 2.75) is 26.2 Å². The summed E-state index contributed by atoms with van der Waals surface area (Å²) in [5, 5.41) is 18.1. The van der Waals surface area contributed by atoms with Crippen LogP contribution in [0, 0.1) is 11.3 Å². The van der Waals surface area contributed by atoms with Crippen LogP contribution in [-0.4, -0.2) is 64.8 Å². The number of likely N-dealkylation sites (tertiary alicyclic amines) is 2. The van der Waals surface area contributed by atoms with Crippen LogP contribution in [-0.2, 0) is 4.79 Å². The van der Waals surface area contributed by atoms with Crippen molar-refractivity contribution < 1.29 is 19.8 Å². The summed E-state index contributed by atoms with van der Waals surface area (Å²) in [6.45, 7) is 4.06. The van der Waals surface area contributed by atoms with Crippen LogP contribution in [0.4, 0.5) is 4.79 Å². The maximum absolute atomic E-state index is 12.3. The van der Waals surface area contributed by atoms with E-state index in [2.05, 4.69) is 0 Å². The van der Waals surface area contributed by atoms with Gasteiger partial charge in [-0.15, -0.1) is 0 Å². The first-order valence-electron chi connectivity index (χ1n) is 6.84. The zero-order valence-electron chi connectivity index (χ0n) is 11.3. The number of carboxylic acid groups (broad SMARTS) is 1. The summed E-state index contributed by atoms with van der Waals surface area (Å²) in [6, 6.07) is -0.0505. The fourth-order valence-corrected chi connectivity index (χ4v) is 2.92. The molecule has 0 aromatic heterocycles. The number of carbonyl (C=O) groups is 2. The van der Waals surface area contributed by atoms with Gasteiger partial charge in [0.05, 0.1) is 5.41 Å². The van der Waals surface area contributed by atoms with Crippen molar-refractivity contribution in [1.82, 2.24) is 9.80 Å². The molecule has 0 bridgehead atoms. The molecule has 2 heterocycles. The quantitative estimate of drug-likeness (QED) is 0.787. The lowest BCUT2D eigenvalue weighted by molar-refractivity contribution is -0.147. The fraction of sp³-hybridized carbons (Fsp3) is 0.846. The van der Waals surface area contributed by atoms with E-state index < -0.39 is 11.4 Å². The zero-order chi connectivity index (χ0) is 14.0. The number of carboxylic acids is 1.